The number of nitrogens with zero attached hydrogens (tertiary/aromatic N) is 1. The summed E-state index contributed by atoms with van der Waals surface area (Å²) >= 11 is 0. The molecule has 2 heteroatoms. The third kappa shape index (κ3) is 2.05. The minimum absolute atomic E-state index is 0.0609. The first-order valence-electron chi connectivity index (χ1n) is 5.00. The average Bonchev–Trinajstić information content (AvgIpc) is 2.30. The van der Waals surface area contributed by atoms with E-state index in [1.54, 1.807) is 12.4 Å². The van der Waals surface area contributed by atoms with E-state index in [0.29, 0.717) is 0 Å². The Balaban J connectivity index is 2.37. The SMILES string of the molecule is Cc1ccccc1[C@H](N)c1ccncc1. The van der Waals surface area contributed by atoms with Crippen molar-refractivity contribution in [2.75, 3.05) is 0 Å². The number of hydrogen-bond donors (Lipinski definition) is 1. The monoisotopic (exact) mass is 198 g/mol. The molecule has 15 heavy (non-hydrogen) atoms. The van der Waals surface area contributed by atoms with E-state index >= 15 is 0 Å². The van der Waals surface area contributed by atoms with Crippen molar-refractivity contribution in [2.45, 2.75) is 13.0 Å². The topological polar surface area (TPSA) is 38.9 Å². The molecule has 0 radical (unpaired) electrons. The first-order chi connectivity index (χ1) is 7.29. The van der Waals surface area contributed by atoms with Crippen molar-refractivity contribution in [2.24, 2.45) is 5.73 Å². The maximum atomic E-state index is 6.19. The summed E-state index contributed by atoms with van der Waals surface area (Å²) in [6.07, 6.45) is 3.54. The smallest absolute Gasteiger partial charge is 0.0555 e. The molecule has 1 atom stereocenters. The highest BCUT2D eigenvalue weighted by atomic mass is 14.7. The number of rotatable bonds is 2. The predicted octanol–water partition coefficient (Wildman–Crippen LogP) is 2.44. The molecule has 0 aliphatic rings. The number of nitrogens with two attached hydrogens (primary N) is 1. The van der Waals surface area contributed by atoms with Crippen LogP contribution in [-0.2, 0) is 0 Å². The van der Waals surface area contributed by atoms with Crippen LogP contribution in [0.4, 0.5) is 0 Å². The van der Waals surface area contributed by atoms with Gasteiger partial charge in [-0.25, -0.2) is 0 Å². The van der Waals surface area contributed by atoms with Gasteiger partial charge in [0.15, 0.2) is 0 Å². The molecule has 2 rings (SSSR count). The molecule has 0 unspecified atom stereocenters. The van der Waals surface area contributed by atoms with Crippen LogP contribution in [0.2, 0.25) is 0 Å². The summed E-state index contributed by atoms with van der Waals surface area (Å²) in [6.45, 7) is 2.08. The Labute approximate surface area is 89.8 Å². The van der Waals surface area contributed by atoms with E-state index in [1.165, 1.54) is 11.1 Å². The van der Waals surface area contributed by atoms with Crippen LogP contribution >= 0.6 is 0 Å². The van der Waals surface area contributed by atoms with Gasteiger partial charge in [-0.1, -0.05) is 24.3 Å². The lowest BCUT2D eigenvalue weighted by molar-refractivity contribution is 0.858. The zero-order valence-corrected chi connectivity index (χ0v) is 8.72. The number of benzene rings is 1. The fourth-order valence-electron chi connectivity index (χ4n) is 1.69. The van der Waals surface area contributed by atoms with E-state index in [0.717, 1.165) is 5.56 Å². The summed E-state index contributed by atoms with van der Waals surface area (Å²) in [7, 11) is 0. The van der Waals surface area contributed by atoms with Crippen LogP contribution in [0.1, 0.15) is 22.7 Å². The summed E-state index contributed by atoms with van der Waals surface area (Å²) in [5.41, 5.74) is 9.68. The van der Waals surface area contributed by atoms with Crippen LogP contribution < -0.4 is 5.73 Å². The summed E-state index contributed by atoms with van der Waals surface area (Å²) in [5.74, 6) is 0. The second-order valence-corrected chi connectivity index (χ2v) is 3.61. The van der Waals surface area contributed by atoms with Gasteiger partial charge < -0.3 is 5.73 Å². The van der Waals surface area contributed by atoms with E-state index in [2.05, 4.69) is 24.0 Å². The zero-order valence-electron chi connectivity index (χ0n) is 8.72. The van der Waals surface area contributed by atoms with E-state index < -0.39 is 0 Å². The fourth-order valence-corrected chi connectivity index (χ4v) is 1.69. The maximum absolute atomic E-state index is 6.19. The zero-order chi connectivity index (χ0) is 10.7. The van der Waals surface area contributed by atoms with Crippen molar-refractivity contribution in [3.05, 3.63) is 65.5 Å². The van der Waals surface area contributed by atoms with Gasteiger partial charge in [0, 0.05) is 12.4 Å². The van der Waals surface area contributed by atoms with Gasteiger partial charge in [-0.2, -0.15) is 0 Å². The minimum atomic E-state index is -0.0609. The van der Waals surface area contributed by atoms with E-state index in [9.17, 15) is 0 Å². The highest BCUT2D eigenvalue weighted by molar-refractivity contribution is 5.35. The number of pyridine rings is 1. The molecule has 2 N–H and O–H groups in total. The Hall–Kier alpha value is -1.67. The molecule has 0 saturated carbocycles. The van der Waals surface area contributed by atoms with Gasteiger partial charge in [0.05, 0.1) is 6.04 Å². The molecule has 0 aliphatic heterocycles. The van der Waals surface area contributed by atoms with Gasteiger partial charge in [0.25, 0.3) is 0 Å². The lowest BCUT2D eigenvalue weighted by Gasteiger charge is -2.14. The predicted molar refractivity (Wildman–Crippen MR) is 61.4 cm³/mol. The first kappa shape index (κ1) is 9.87. The molecule has 0 saturated heterocycles. The van der Waals surface area contributed by atoms with Gasteiger partial charge in [0.2, 0.25) is 0 Å². The van der Waals surface area contributed by atoms with Crippen molar-refractivity contribution in [1.29, 1.82) is 0 Å². The lowest BCUT2D eigenvalue weighted by atomic mass is 9.97. The molecule has 1 aromatic carbocycles. The van der Waals surface area contributed by atoms with E-state index in [-0.39, 0.29) is 6.04 Å². The third-order valence-corrected chi connectivity index (χ3v) is 2.59. The van der Waals surface area contributed by atoms with Crippen molar-refractivity contribution in [1.82, 2.24) is 4.98 Å². The highest BCUT2D eigenvalue weighted by Gasteiger charge is 2.09. The first-order valence-corrected chi connectivity index (χ1v) is 5.00. The molecule has 0 spiro atoms. The van der Waals surface area contributed by atoms with Crippen LogP contribution in [-0.4, -0.2) is 4.98 Å². The Kier molecular flexibility index (Phi) is 2.79. The minimum Gasteiger partial charge on any atom is -0.320 e. The van der Waals surface area contributed by atoms with Crippen molar-refractivity contribution in [3.63, 3.8) is 0 Å². The van der Waals surface area contributed by atoms with Crippen LogP contribution in [0.5, 0.6) is 0 Å². The Bertz CT molecular complexity index is 437. The number of aryl methyl sites for hydroxylation is 1. The van der Waals surface area contributed by atoms with Gasteiger partial charge in [-0.15, -0.1) is 0 Å². The second kappa shape index (κ2) is 4.24. The quantitative estimate of drug-likeness (QED) is 0.805. The molecular formula is C13H14N2. The summed E-state index contributed by atoms with van der Waals surface area (Å²) < 4.78 is 0. The van der Waals surface area contributed by atoms with Gasteiger partial charge >= 0.3 is 0 Å². The van der Waals surface area contributed by atoms with Crippen LogP contribution in [0.25, 0.3) is 0 Å². The van der Waals surface area contributed by atoms with E-state index in [4.69, 9.17) is 5.73 Å². The molecule has 0 bridgehead atoms. The Morgan fingerprint density at radius 2 is 1.73 bits per heavy atom. The molecule has 0 aliphatic carbocycles. The molecule has 1 aromatic heterocycles. The van der Waals surface area contributed by atoms with E-state index in [1.807, 2.05) is 24.3 Å². The molecule has 1 heterocycles. The third-order valence-electron chi connectivity index (χ3n) is 2.59. The van der Waals surface area contributed by atoms with Crippen LogP contribution in [0.3, 0.4) is 0 Å². The molecule has 76 valence electrons. The number of hydrogen-bond acceptors (Lipinski definition) is 2. The Morgan fingerprint density at radius 3 is 2.40 bits per heavy atom. The van der Waals surface area contributed by atoms with Crippen LogP contribution in [0.15, 0.2) is 48.8 Å². The van der Waals surface area contributed by atoms with Crippen molar-refractivity contribution < 1.29 is 0 Å². The molecule has 0 amide bonds. The van der Waals surface area contributed by atoms with Crippen molar-refractivity contribution >= 4 is 0 Å². The summed E-state index contributed by atoms with van der Waals surface area (Å²) in [5, 5.41) is 0. The second-order valence-electron chi connectivity index (χ2n) is 3.61. The molecule has 2 aromatic rings. The largest absolute Gasteiger partial charge is 0.320 e. The lowest BCUT2D eigenvalue weighted by Crippen LogP contribution is -2.13. The summed E-state index contributed by atoms with van der Waals surface area (Å²) in [6, 6.07) is 12.0. The molecular weight excluding hydrogens is 184 g/mol. The van der Waals surface area contributed by atoms with Crippen LogP contribution in [0, 0.1) is 6.92 Å². The molecule has 2 nitrogen and oxygen atoms in total. The normalized spacial score (nSPS) is 12.4. The standard InChI is InChI=1S/C13H14N2/c1-10-4-2-3-5-12(10)13(14)11-6-8-15-9-7-11/h2-9,13H,14H2,1H3/t13-/m1/s1. The Morgan fingerprint density at radius 1 is 1.07 bits per heavy atom. The summed E-state index contributed by atoms with van der Waals surface area (Å²) in [4.78, 5) is 3.99. The van der Waals surface area contributed by atoms with Gasteiger partial charge in [0.1, 0.15) is 0 Å². The molecule has 0 fully saturated rings. The highest BCUT2D eigenvalue weighted by Crippen LogP contribution is 2.21. The number of aromatic nitrogens is 1. The maximum Gasteiger partial charge on any atom is 0.0555 e. The van der Waals surface area contributed by atoms with Gasteiger partial charge in [-0.05, 0) is 35.7 Å². The fraction of sp³-hybridized carbons (Fsp3) is 0.154. The van der Waals surface area contributed by atoms with Gasteiger partial charge in [-0.3, -0.25) is 4.98 Å². The average molecular weight is 198 g/mol. The van der Waals surface area contributed by atoms with Crippen molar-refractivity contribution in [3.8, 4) is 0 Å².